The molecular weight excluding hydrogens is 224 g/mol. The van der Waals surface area contributed by atoms with Gasteiger partial charge >= 0.3 is 12.1 Å². The van der Waals surface area contributed by atoms with E-state index in [1.165, 1.54) is 11.3 Å². The number of piperidine rings is 1. The van der Waals surface area contributed by atoms with Crippen molar-refractivity contribution in [3.8, 4) is 0 Å². The van der Waals surface area contributed by atoms with Crippen molar-refractivity contribution < 1.29 is 19.4 Å². The van der Waals surface area contributed by atoms with Crippen LogP contribution in [-0.4, -0.2) is 65.8 Å². The molecule has 6 heteroatoms. The molecule has 0 bridgehead atoms. The lowest BCUT2D eigenvalue weighted by Gasteiger charge is -2.35. The SMILES string of the molecule is CN1CCCCC1CN1C(=O)OCC1C(=O)O. The number of ether oxygens (including phenoxy) is 1. The number of carboxylic acid groups (broad SMARTS) is 1. The van der Waals surface area contributed by atoms with Gasteiger partial charge < -0.3 is 14.7 Å². The van der Waals surface area contributed by atoms with Crippen LogP contribution in [0.25, 0.3) is 0 Å². The Kier molecular flexibility index (Phi) is 3.51. The van der Waals surface area contributed by atoms with Gasteiger partial charge in [-0.2, -0.15) is 0 Å². The Hall–Kier alpha value is -1.30. The lowest BCUT2D eigenvalue weighted by Crippen LogP contribution is -2.49. The second kappa shape index (κ2) is 4.91. The van der Waals surface area contributed by atoms with Crippen LogP contribution in [0.5, 0.6) is 0 Å². The molecule has 1 amide bonds. The summed E-state index contributed by atoms with van der Waals surface area (Å²) in [7, 11) is 2.01. The molecule has 2 atom stereocenters. The van der Waals surface area contributed by atoms with Crippen molar-refractivity contribution >= 4 is 12.1 Å². The van der Waals surface area contributed by atoms with E-state index in [1.807, 2.05) is 7.05 Å². The Labute approximate surface area is 100 Å². The summed E-state index contributed by atoms with van der Waals surface area (Å²) in [5.74, 6) is -0.991. The molecule has 0 spiro atoms. The smallest absolute Gasteiger partial charge is 0.410 e. The van der Waals surface area contributed by atoms with E-state index in [0.29, 0.717) is 6.54 Å². The molecule has 0 aromatic rings. The van der Waals surface area contributed by atoms with E-state index in [2.05, 4.69) is 4.90 Å². The van der Waals surface area contributed by atoms with Gasteiger partial charge in [0, 0.05) is 12.6 Å². The highest BCUT2D eigenvalue weighted by Gasteiger charge is 2.39. The summed E-state index contributed by atoms with van der Waals surface area (Å²) in [6, 6.07) is -0.575. The van der Waals surface area contributed by atoms with Crippen molar-refractivity contribution in [1.29, 1.82) is 0 Å². The third kappa shape index (κ3) is 2.52. The molecule has 6 nitrogen and oxygen atoms in total. The number of carbonyl (C=O) groups is 2. The lowest BCUT2D eigenvalue weighted by molar-refractivity contribution is -0.141. The zero-order chi connectivity index (χ0) is 12.4. The summed E-state index contributed by atoms with van der Waals surface area (Å²) in [6.07, 6.45) is 2.80. The van der Waals surface area contributed by atoms with Crippen molar-refractivity contribution in [2.45, 2.75) is 31.3 Å². The summed E-state index contributed by atoms with van der Waals surface area (Å²) >= 11 is 0. The van der Waals surface area contributed by atoms with Crippen LogP contribution < -0.4 is 0 Å². The van der Waals surface area contributed by atoms with E-state index in [9.17, 15) is 9.59 Å². The van der Waals surface area contributed by atoms with E-state index in [0.717, 1.165) is 19.4 Å². The van der Waals surface area contributed by atoms with Crippen LogP contribution in [0.15, 0.2) is 0 Å². The number of likely N-dealkylation sites (N-methyl/N-ethyl adjacent to an activating group) is 1. The molecule has 17 heavy (non-hydrogen) atoms. The molecule has 2 aliphatic heterocycles. The number of rotatable bonds is 3. The minimum atomic E-state index is -0.991. The van der Waals surface area contributed by atoms with Crippen LogP contribution in [0.4, 0.5) is 4.79 Å². The zero-order valence-electron chi connectivity index (χ0n) is 9.96. The molecule has 2 aliphatic rings. The van der Waals surface area contributed by atoms with E-state index in [1.54, 1.807) is 0 Å². The summed E-state index contributed by atoms with van der Waals surface area (Å²) in [6.45, 7) is 1.42. The van der Waals surface area contributed by atoms with Gasteiger partial charge in [0.15, 0.2) is 6.04 Å². The fourth-order valence-corrected chi connectivity index (χ4v) is 2.46. The fraction of sp³-hybridized carbons (Fsp3) is 0.818. The fourth-order valence-electron chi connectivity index (χ4n) is 2.46. The van der Waals surface area contributed by atoms with Gasteiger partial charge in [-0.05, 0) is 26.4 Å². The molecule has 0 saturated carbocycles. The Morgan fingerprint density at radius 2 is 2.29 bits per heavy atom. The summed E-state index contributed by atoms with van der Waals surface area (Å²) in [4.78, 5) is 26.0. The number of nitrogens with zero attached hydrogens (tertiary/aromatic N) is 2. The second-order valence-corrected chi connectivity index (χ2v) is 4.71. The van der Waals surface area contributed by atoms with Gasteiger partial charge in [-0.15, -0.1) is 0 Å². The zero-order valence-corrected chi connectivity index (χ0v) is 9.96. The molecule has 0 radical (unpaired) electrons. The minimum absolute atomic E-state index is 0.0371. The molecule has 2 fully saturated rings. The van der Waals surface area contributed by atoms with E-state index in [4.69, 9.17) is 9.84 Å². The molecule has 2 unspecified atom stereocenters. The van der Waals surface area contributed by atoms with Crippen LogP contribution in [0.3, 0.4) is 0 Å². The molecule has 1 N–H and O–H groups in total. The van der Waals surface area contributed by atoms with Crippen molar-refractivity contribution in [2.75, 3.05) is 26.7 Å². The average molecular weight is 242 g/mol. The first-order chi connectivity index (χ1) is 8.09. The van der Waals surface area contributed by atoms with Crippen molar-refractivity contribution in [2.24, 2.45) is 0 Å². The van der Waals surface area contributed by atoms with Crippen LogP contribution in [0, 0.1) is 0 Å². The molecule has 2 rings (SSSR count). The summed E-state index contributed by atoms with van der Waals surface area (Å²) < 4.78 is 4.80. The standard InChI is InChI=1S/C11H18N2O4/c1-12-5-3-2-4-8(12)6-13-9(10(14)15)7-17-11(13)16/h8-9H,2-7H2,1H3,(H,14,15). The number of cyclic esters (lactones) is 1. The number of carboxylic acids is 1. The maximum Gasteiger partial charge on any atom is 0.410 e. The number of amides is 1. The monoisotopic (exact) mass is 242 g/mol. The molecule has 2 saturated heterocycles. The molecule has 0 aromatic carbocycles. The van der Waals surface area contributed by atoms with Gasteiger partial charge in [0.05, 0.1) is 0 Å². The molecule has 96 valence electrons. The minimum Gasteiger partial charge on any atom is -0.480 e. The Morgan fingerprint density at radius 1 is 1.53 bits per heavy atom. The highest BCUT2D eigenvalue weighted by molar-refractivity contribution is 5.82. The predicted octanol–water partition coefficient (Wildman–Crippen LogP) is 0.376. The van der Waals surface area contributed by atoms with Gasteiger partial charge in [-0.1, -0.05) is 6.42 Å². The maximum absolute atomic E-state index is 11.5. The molecule has 0 aliphatic carbocycles. The second-order valence-electron chi connectivity index (χ2n) is 4.71. The number of hydrogen-bond donors (Lipinski definition) is 1. The Morgan fingerprint density at radius 3 is 2.94 bits per heavy atom. The van der Waals surface area contributed by atoms with E-state index >= 15 is 0 Å². The van der Waals surface area contributed by atoms with Crippen LogP contribution in [-0.2, 0) is 9.53 Å². The van der Waals surface area contributed by atoms with Crippen molar-refractivity contribution in [1.82, 2.24) is 9.80 Å². The molecule has 0 aromatic heterocycles. The predicted molar refractivity (Wildman–Crippen MR) is 59.7 cm³/mol. The Balaban J connectivity index is 2.00. The number of hydrogen-bond acceptors (Lipinski definition) is 4. The normalized spacial score (nSPS) is 30.4. The van der Waals surface area contributed by atoms with Gasteiger partial charge in [-0.3, -0.25) is 4.90 Å². The van der Waals surface area contributed by atoms with E-state index < -0.39 is 18.1 Å². The average Bonchev–Trinajstić information content (AvgIpc) is 2.64. The van der Waals surface area contributed by atoms with Crippen LogP contribution in [0.2, 0.25) is 0 Å². The first-order valence-corrected chi connectivity index (χ1v) is 5.96. The molecule has 2 heterocycles. The van der Waals surface area contributed by atoms with Crippen molar-refractivity contribution in [3.63, 3.8) is 0 Å². The maximum atomic E-state index is 11.5. The topological polar surface area (TPSA) is 70.1 Å². The van der Waals surface area contributed by atoms with Crippen LogP contribution in [0.1, 0.15) is 19.3 Å². The highest BCUT2D eigenvalue weighted by atomic mass is 16.6. The Bertz CT molecular complexity index is 321. The van der Waals surface area contributed by atoms with Gasteiger partial charge in [0.1, 0.15) is 6.61 Å². The van der Waals surface area contributed by atoms with Gasteiger partial charge in [0.25, 0.3) is 0 Å². The highest BCUT2D eigenvalue weighted by Crippen LogP contribution is 2.20. The number of likely N-dealkylation sites (tertiary alicyclic amines) is 1. The summed E-state index contributed by atoms with van der Waals surface area (Å²) in [5, 5.41) is 9.01. The first-order valence-electron chi connectivity index (χ1n) is 5.96. The first kappa shape index (κ1) is 12.2. The number of aliphatic carboxylic acids is 1. The van der Waals surface area contributed by atoms with Gasteiger partial charge in [-0.25, -0.2) is 9.59 Å². The van der Waals surface area contributed by atoms with Crippen molar-refractivity contribution in [3.05, 3.63) is 0 Å². The largest absolute Gasteiger partial charge is 0.480 e. The van der Waals surface area contributed by atoms with Gasteiger partial charge in [0.2, 0.25) is 0 Å². The number of carbonyl (C=O) groups excluding carboxylic acids is 1. The summed E-state index contributed by atoms with van der Waals surface area (Å²) in [5.41, 5.74) is 0. The third-order valence-electron chi connectivity index (χ3n) is 3.59. The lowest BCUT2D eigenvalue weighted by atomic mass is 10.0. The quantitative estimate of drug-likeness (QED) is 0.774. The van der Waals surface area contributed by atoms with Crippen LogP contribution >= 0.6 is 0 Å². The molecular formula is C11H18N2O4. The van der Waals surface area contributed by atoms with E-state index in [-0.39, 0.29) is 12.6 Å². The third-order valence-corrected chi connectivity index (χ3v) is 3.59.